The molecule has 0 aromatic heterocycles. The molecular weight excluding hydrogens is 399 g/mol. The monoisotopic (exact) mass is 418 g/mol. The quantitative estimate of drug-likeness (QED) is 0.821. The summed E-state index contributed by atoms with van der Waals surface area (Å²) in [5.74, 6) is -0.961. The van der Waals surface area contributed by atoms with Crippen molar-refractivity contribution in [3.05, 3.63) is 69.9 Å². The van der Waals surface area contributed by atoms with Gasteiger partial charge in [0.2, 0.25) is 5.91 Å². The van der Waals surface area contributed by atoms with E-state index < -0.39 is 5.82 Å². The number of halogens is 2. The number of hydrogen-bond acceptors (Lipinski definition) is 2. The average Bonchev–Trinajstić information content (AvgIpc) is 2.68. The fourth-order valence-electron chi connectivity index (χ4n) is 3.11. The molecule has 0 aliphatic carbocycles. The van der Waals surface area contributed by atoms with Gasteiger partial charge in [-0.15, -0.1) is 0 Å². The zero-order valence-corrected chi connectivity index (χ0v) is 15.8. The lowest BCUT2D eigenvalue weighted by molar-refractivity contribution is -0.126. The van der Waals surface area contributed by atoms with Crippen LogP contribution >= 0.6 is 15.9 Å². The van der Waals surface area contributed by atoms with Crippen molar-refractivity contribution in [3.8, 4) is 0 Å². The number of likely N-dealkylation sites (tertiary alicyclic amines) is 1. The van der Waals surface area contributed by atoms with Crippen molar-refractivity contribution in [3.63, 3.8) is 0 Å². The second kappa shape index (κ2) is 8.45. The van der Waals surface area contributed by atoms with Crippen LogP contribution in [0.3, 0.4) is 0 Å². The Balaban J connectivity index is 1.53. The first-order valence-corrected chi connectivity index (χ1v) is 9.40. The van der Waals surface area contributed by atoms with Gasteiger partial charge in [-0.1, -0.05) is 46.3 Å². The highest BCUT2D eigenvalue weighted by atomic mass is 79.9. The molecular formula is C20H20BrFN2O2. The summed E-state index contributed by atoms with van der Waals surface area (Å²) in [6.07, 6.45) is 1.17. The molecule has 0 saturated carbocycles. The SMILES string of the molecule is O=C(NCc1ccccc1)C1CCN(C(=O)c2cc(Br)ccc2F)CC1. The third-order valence-corrected chi connectivity index (χ3v) is 5.11. The number of carbonyl (C=O) groups excluding carboxylic acids is 2. The molecule has 3 rings (SSSR count). The van der Waals surface area contributed by atoms with Crippen LogP contribution in [-0.2, 0) is 11.3 Å². The molecule has 4 nitrogen and oxygen atoms in total. The van der Waals surface area contributed by atoms with Gasteiger partial charge >= 0.3 is 0 Å². The predicted molar refractivity (Wildman–Crippen MR) is 101 cm³/mol. The Morgan fingerprint density at radius 1 is 1.12 bits per heavy atom. The minimum atomic E-state index is -0.527. The first-order valence-electron chi connectivity index (χ1n) is 8.60. The lowest BCUT2D eigenvalue weighted by Gasteiger charge is -2.31. The van der Waals surface area contributed by atoms with Crippen molar-refractivity contribution in [2.45, 2.75) is 19.4 Å². The van der Waals surface area contributed by atoms with Gasteiger partial charge < -0.3 is 10.2 Å². The Kier molecular flexibility index (Phi) is 6.04. The van der Waals surface area contributed by atoms with Crippen LogP contribution in [0.15, 0.2) is 53.0 Å². The molecule has 1 aliphatic heterocycles. The Morgan fingerprint density at radius 2 is 1.81 bits per heavy atom. The van der Waals surface area contributed by atoms with Crippen LogP contribution in [-0.4, -0.2) is 29.8 Å². The number of rotatable bonds is 4. The smallest absolute Gasteiger partial charge is 0.256 e. The van der Waals surface area contributed by atoms with Gasteiger partial charge in [-0.2, -0.15) is 0 Å². The van der Waals surface area contributed by atoms with Crippen LogP contribution in [0.25, 0.3) is 0 Å². The minimum absolute atomic E-state index is 0.00888. The molecule has 0 unspecified atom stereocenters. The van der Waals surface area contributed by atoms with E-state index in [1.54, 1.807) is 11.0 Å². The Bertz CT molecular complexity index is 790. The van der Waals surface area contributed by atoms with Gasteiger partial charge in [0, 0.05) is 30.0 Å². The fourth-order valence-corrected chi connectivity index (χ4v) is 3.47. The summed E-state index contributed by atoms with van der Waals surface area (Å²) in [4.78, 5) is 26.5. The van der Waals surface area contributed by atoms with Gasteiger partial charge in [-0.25, -0.2) is 4.39 Å². The van der Waals surface area contributed by atoms with E-state index in [-0.39, 0.29) is 23.3 Å². The largest absolute Gasteiger partial charge is 0.352 e. The number of benzene rings is 2. The molecule has 6 heteroatoms. The third kappa shape index (κ3) is 4.49. The molecule has 26 heavy (non-hydrogen) atoms. The number of amides is 2. The van der Waals surface area contributed by atoms with Gasteiger partial charge in [0.15, 0.2) is 0 Å². The van der Waals surface area contributed by atoms with Crippen LogP contribution in [0.5, 0.6) is 0 Å². The highest BCUT2D eigenvalue weighted by Gasteiger charge is 2.28. The van der Waals surface area contributed by atoms with Crippen LogP contribution in [0.1, 0.15) is 28.8 Å². The molecule has 0 spiro atoms. The molecule has 1 fully saturated rings. The van der Waals surface area contributed by atoms with Crippen LogP contribution < -0.4 is 5.32 Å². The Labute approximate surface area is 160 Å². The lowest BCUT2D eigenvalue weighted by atomic mass is 9.95. The van der Waals surface area contributed by atoms with Gasteiger partial charge in [-0.3, -0.25) is 9.59 Å². The lowest BCUT2D eigenvalue weighted by Crippen LogP contribution is -2.43. The number of piperidine rings is 1. The maximum atomic E-state index is 13.9. The molecule has 1 N–H and O–H groups in total. The van der Waals surface area contributed by atoms with E-state index in [4.69, 9.17) is 0 Å². The molecule has 2 aromatic rings. The second-order valence-corrected chi connectivity index (χ2v) is 7.31. The van der Waals surface area contributed by atoms with Gasteiger partial charge in [-0.05, 0) is 36.6 Å². The highest BCUT2D eigenvalue weighted by Crippen LogP contribution is 2.22. The average molecular weight is 419 g/mol. The van der Waals surface area contributed by atoms with E-state index in [2.05, 4.69) is 21.2 Å². The van der Waals surface area contributed by atoms with E-state index in [1.165, 1.54) is 12.1 Å². The van der Waals surface area contributed by atoms with E-state index in [0.29, 0.717) is 36.9 Å². The zero-order valence-electron chi connectivity index (χ0n) is 14.3. The standard InChI is InChI=1S/C20H20BrFN2O2/c21-16-6-7-18(22)17(12-16)20(26)24-10-8-15(9-11-24)19(25)23-13-14-4-2-1-3-5-14/h1-7,12,15H,8-11,13H2,(H,23,25). The summed E-state index contributed by atoms with van der Waals surface area (Å²) in [5, 5.41) is 2.95. The summed E-state index contributed by atoms with van der Waals surface area (Å²) in [6, 6.07) is 14.1. The first-order chi connectivity index (χ1) is 12.5. The molecule has 1 saturated heterocycles. The van der Waals surface area contributed by atoms with E-state index in [9.17, 15) is 14.0 Å². The second-order valence-electron chi connectivity index (χ2n) is 6.39. The molecule has 0 atom stereocenters. The first kappa shape index (κ1) is 18.6. The Morgan fingerprint density at radius 3 is 2.50 bits per heavy atom. The highest BCUT2D eigenvalue weighted by molar-refractivity contribution is 9.10. The predicted octanol–water partition coefficient (Wildman–Crippen LogP) is 3.76. The van der Waals surface area contributed by atoms with Crippen molar-refractivity contribution in [2.24, 2.45) is 5.92 Å². The number of nitrogens with zero attached hydrogens (tertiary/aromatic N) is 1. The molecule has 2 amide bonds. The van der Waals surface area contributed by atoms with Crippen molar-refractivity contribution in [2.75, 3.05) is 13.1 Å². The summed E-state index contributed by atoms with van der Waals surface area (Å²) in [5.41, 5.74) is 1.12. The summed E-state index contributed by atoms with van der Waals surface area (Å²) in [6.45, 7) is 1.41. The summed E-state index contributed by atoms with van der Waals surface area (Å²) < 4.78 is 14.6. The number of nitrogens with one attached hydrogen (secondary N) is 1. The van der Waals surface area contributed by atoms with Gasteiger partial charge in [0.05, 0.1) is 5.56 Å². The van der Waals surface area contributed by atoms with Crippen molar-refractivity contribution < 1.29 is 14.0 Å². The molecule has 1 heterocycles. The van der Waals surface area contributed by atoms with Crippen molar-refractivity contribution in [1.82, 2.24) is 10.2 Å². The van der Waals surface area contributed by atoms with E-state index >= 15 is 0 Å². The van der Waals surface area contributed by atoms with Gasteiger partial charge in [0.25, 0.3) is 5.91 Å². The topological polar surface area (TPSA) is 49.4 Å². The van der Waals surface area contributed by atoms with Gasteiger partial charge in [0.1, 0.15) is 5.82 Å². The molecule has 1 aliphatic rings. The van der Waals surface area contributed by atoms with Crippen LogP contribution in [0, 0.1) is 11.7 Å². The summed E-state index contributed by atoms with van der Waals surface area (Å²) >= 11 is 3.26. The van der Waals surface area contributed by atoms with Crippen LogP contribution in [0.2, 0.25) is 0 Å². The third-order valence-electron chi connectivity index (χ3n) is 4.62. The summed E-state index contributed by atoms with van der Waals surface area (Å²) in [7, 11) is 0. The van der Waals surface area contributed by atoms with E-state index in [0.717, 1.165) is 5.56 Å². The van der Waals surface area contributed by atoms with E-state index in [1.807, 2.05) is 30.3 Å². The van der Waals surface area contributed by atoms with Crippen molar-refractivity contribution >= 4 is 27.7 Å². The molecule has 2 aromatic carbocycles. The molecule has 136 valence electrons. The fraction of sp³-hybridized carbons (Fsp3) is 0.300. The van der Waals surface area contributed by atoms with Crippen LogP contribution in [0.4, 0.5) is 4.39 Å². The molecule has 0 radical (unpaired) electrons. The number of carbonyl (C=O) groups is 2. The normalized spacial score (nSPS) is 14.9. The molecule has 0 bridgehead atoms. The maximum absolute atomic E-state index is 13.9. The minimum Gasteiger partial charge on any atom is -0.352 e. The zero-order chi connectivity index (χ0) is 18.5. The maximum Gasteiger partial charge on any atom is 0.256 e. The Hall–Kier alpha value is -2.21. The van der Waals surface area contributed by atoms with Crippen molar-refractivity contribution in [1.29, 1.82) is 0 Å². The number of hydrogen-bond donors (Lipinski definition) is 1.